The molecule has 370 valence electrons. The van der Waals surface area contributed by atoms with E-state index < -0.39 is 46.4 Å². The highest BCUT2D eigenvalue weighted by Gasteiger charge is 2.34. The maximum atomic E-state index is 13.8. The highest BCUT2D eigenvalue weighted by Crippen LogP contribution is 2.39. The fourth-order valence-electron chi connectivity index (χ4n) is 8.14. The summed E-state index contributed by atoms with van der Waals surface area (Å²) in [5.74, 6) is -0.831. The number of aromatic amines is 1. The highest BCUT2D eigenvalue weighted by molar-refractivity contribution is 9.10. The summed E-state index contributed by atoms with van der Waals surface area (Å²) >= 11 is 14.7. The second-order valence-electron chi connectivity index (χ2n) is 16.3. The van der Waals surface area contributed by atoms with Crippen LogP contribution in [0, 0.1) is 5.82 Å². The fraction of sp³-hybridized carbons (Fsp3) is 0.240. The molecular formula is C50H43BrCl2F6N8O4. The SMILES string of the molecule is Brc1ccccn1.C.O=C(Cn1ccc2[nH]cc(-c3ccc(Cl)c(F)c3)c2c1=O)N1CCC(F)C1.O=C(Cn1ccc2c(c(-c3ccc(Cl)c(C(F)(F)F)c3)cn2-c2ccccn2)c1=O)N1CCC(F)C1. The van der Waals surface area contributed by atoms with Gasteiger partial charge >= 0.3 is 6.18 Å². The van der Waals surface area contributed by atoms with E-state index in [9.17, 15) is 45.5 Å². The van der Waals surface area contributed by atoms with Crippen LogP contribution >= 0.6 is 39.1 Å². The van der Waals surface area contributed by atoms with Gasteiger partial charge in [-0.15, -0.1) is 0 Å². The van der Waals surface area contributed by atoms with Crippen molar-refractivity contribution in [3.8, 4) is 28.1 Å². The summed E-state index contributed by atoms with van der Waals surface area (Å²) in [6.45, 7) is 0.183. The van der Waals surface area contributed by atoms with Crippen LogP contribution in [0.15, 0.2) is 136 Å². The van der Waals surface area contributed by atoms with E-state index in [0.29, 0.717) is 46.3 Å². The number of rotatable bonds is 7. The van der Waals surface area contributed by atoms with E-state index in [1.807, 2.05) is 18.2 Å². The first-order valence-electron chi connectivity index (χ1n) is 21.6. The molecule has 12 nitrogen and oxygen atoms in total. The molecule has 8 aromatic rings. The minimum atomic E-state index is -4.69. The Labute approximate surface area is 420 Å². The molecule has 0 bridgehead atoms. The molecule has 0 radical (unpaired) electrons. The normalized spacial score (nSPS) is 15.5. The van der Waals surface area contributed by atoms with Crippen molar-refractivity contribution in [1.82, 2.24) is 38.5 Å². The monoisotopic (exact) mass is 1080 g/mol. The molecule has 2 aromatic carbocycles. The molecule has 2 unspecified atom stereocenters. The zero-order valence-corrected chi connectivity index (χ0v) is 39.6. The van der Waals surface area contributed by atoms with E-state index >= 15 is 0 Å². The molecule has 2 aliphatic rings. The van der Waals surface area contributed by atoms with Crippen LogP contribution in [0.25, 0.3) is 49.9 Å². The predicted molar refractivity (Wildman–Crippen MR) is 265 cm³/mol. The number of H-pyrrole nitrogens is 1. The molecule has 2 amide bonds. The van der Waals surface area contributed by atoms with Crippen LogP contribution in [0.5, 0.6) is 0 Å². The van der Waals surface area contributed by atoms with Gasteiger partial charge in [-0.1, -0.05) is 54.9 Å². The fourth-order valence-corrected chi connectivity index (χ4v) is 8.75. The maximum absolute atomic E-state index is 13.8. The lowest BCUT2D eigenvalue weighted by Crippen LogP contribution is -2.35. The van der Waals surface area contributed by atoms with Gasteiger partial charge in [0.15, 0.2) is 0 Å². The number of benzene rings is 2. The number of nitrogens with one attached hydrogen (secondary N) is 1. The van der Waals surface area contributed by atoms with Crippen LogP contribution in [-0.2, 0) is 28.9 Å². The first kappa shape index (κ1) is 52.1. The number of carbonyl (C=O) groups excluding carboxylic acids is 2. The average Bonchev–Trinajstić information content (AvgIpc) is 4.17. The van der Waals surface area contributed by atoms with Gasteiger partial charge in [0.05, 0.1) is 50.5 Å². The van der Waals surface area contributed by atoms with Gasteiger partial charge in [-0.05, 0) is 101 Å². The molecule has 10 rings (SSSR count). The van der Waals surface area contributed by atoms with E-state index in [4.69, 9.17) is 23.2 Å². The van der Waals surface area contributed by atoms with Gasteiger partial charge in [-0.2, -0.15) is 13.2 Å². The van der Waals surface area contributed by atoms with Crippen molar-refractivity contribution in [3.63, 3.8) is 0 Å². The number of carbonyl (C=O) groups is 2. The predicted octanol–water partition coefficient (Wildman–Crippen LogP) is 10.9. The quantitative estimate of drug-likeness (QED) is 0.125. The number of hydrogen-bond acceptors (Lipinski definition) is 6. The standard InChI is InChI=1S/C25H19ClF4N4O2.C19H16ClF2N3O2.C5H4BrN.CH4/c26-19-5-4-15(11-18(19)25(28,29)30)17-13-34(21-3-1-2-8-31-21)20-7-10-33(24(36)23(17)20)14-22(35)32-9-6-16(27)12-32;20-14-2-1-11(7-15(14)22)13-8-23-16-4-6-25(19(27)18(13)16)10-17(26)24-5-3-12(21)9-24;6-5-3-1-2-4-7-5;/h1-5,7-8,10-11,13,16H,6,9,12,14H2;1-2,4,6-8,12,23H,3,5,9-10H2;1-4H;1H4. The third kappa shape index (κ3) is 11.7. The lowest BCUT2D eigenvalue weighted by molar-refractivity contribution is -0.137. The second-order valence-corrected chi connectivity index (χ2v) is 17.9. The van der Waals surface area contributed by atoms with E-state index in [0.717, 1.165) is 16.7 Å². The molecule has 0 spiro atoms. The van der Waals surface area contributed by atoms with Crippen molar-refractivity contribution in [2.75, 3.05) is 26.2 Å². The first-order valence-corrected chi connectivity index (χ1v) is 23.1. The van der Waals surface area contributed by atoms with Crippen LogP contribution in [0.3, 0.4) is 0 Å². The molecular weight excluding hydrogens is 1040 g/mol. The van der Waals surface area contributed by atoms with Gasteiger partial charge < -0.3 is 28.5 Å². The van der Waals surface area contributed by atoms with Crippen molar-refractivity contribution in [3.05, 3.63) is 169 Å². The van der Waals surface area contributed by atoms with Crippen LogP contribution in [0.2, 0.25) is 10.0 Å². The zero-order valence-electron chi connectivity index (χ0n) is 36.5. The summed E-state index contributed by atoms with van der Waals surface area (Å²) in [6, 6.07) is 21.9. The van der Waals surface area contributed by atoms with E-state index in [-0.39, 0.29) is 79.6 Å². The third-order valence-corrected chi connectivity index (χ3v) is 12.8. The minimum absolute atomic E-state index is 0. The summed E-state index contributed by atoms with van der Waals surface area (Å²) in [4.78, 5) is 65.5. The number of halogens is 9. The van der Waals surface area contributed by atoms with Crippen molar-refractivity contribution >= 4 is 72.8 Å². The van der Waals surface area contributed by atoms with Crippen molar-refractivity contribution < 1.29 is 35.9 Å². The maximum Gasteiger partial charge on any atom is 0.417 e. The van der Waals surface area contributed by atoms with Crippen molar-refractivity contribution in [1.29, 1.82) is 0 Å². The summed E-state index contributed by atoms with van der Waals surface area (Å²) in [7, 11) is 0. The summed E-state index contributed by atoms with van der Waals surface area (Å²) < 4.78 is 86.3. The molecule has 2 aliphatic heterocycles. The molecule has 71 heavy (non-hydrogen) atoms. The van der Waals surface area contributed by atoms with Gasteiger partial charge in [0, 0.05) is 61.4 Å². The smallest absolute Gasteiger partial charge is 0.360 e. The number of fused-ring (bicyclic) bond motifs is 2. The molecule has 0 saturated carbocycles. The molecule has 2 fully saturated rings. The number of pyridine rings is 4. The Morgan fingerprint density at radius 3 is 1.83 bits per heavy atom. The Balaban J connectivity index is 0.000000186. The highest BCUT2D eigenvalue weighted by atomic mass is 79.9. The Kier molecular flexibility index (Phi) is 16.3. The summed E-state index contributed by atoms with van der Waals surface area (Å²) in [5.41, 5.74) is 0.420. The summed E-state index contributed by atoms with van der Waals surface area (Å²) in [5, 5.41) is 0.0193. The summed E-state index contributed by atoms with van der Waals surface area (Å²) in [6.07, 6.45) is 3.19. The largest absolute Gasteiger partial charge is 0.417 e. The van der Waals surface area contributed by atoms with Crippen LogP contribution < -0.4 is 11.1 Å². The second kappa shape index (κ2) is 22.2. The van der Waals surface area contributed by atoms with Crippen molar-refractivity contribution in [2.24, 2.45) is 0 Å². The lowest BCUT2D eigenvalue weighted by atomic mass is 10.0. The molecule has 21 heteroatoms. The lowest BCUT2D eigenvalue weighted by Gasteiger charge is -2.16. The Morgan fingerprint density at radius 2 is 1.31 bits per heavy atom. The van der Waals surface area contributed by atoms with Gasteiger partial charge in [-0.25, -0.2) is 23.1 Å². The third-order valence-electron chi connectivity index (χ3n) is 11.7. The topological polar surface area (TPSA) is 131 Å². The van der Waals surface area contributed by atoms with Crippen LogP contribution in [0.4, 0.5) is 26.3 Å². The molecule has 2 atom stereocenters. The van der Waals surface area contributed by atoms with Crippen LogP contribution in [0.1, 0.15) is 25.8 Å². The number of likely N-dealkylation sites (tertiary alicyclic amines) is 2. The Morgan fingerprint density at radius 1 is 0.732 bits per heavy atom. The molecule has 2 saturated heterocycles. The van der Waals surface area contributed by atoms with E-state index in [1.54, 1.807) is 59.6 Å². The van der Waals surface area contributed by atoms with Crippen molar-refractivity contribution in [2.45, 2.75) is 51.9 Å². The van der Waals surface area contributed by atoms with E-state index in [2.05, 4.69) is 30.9 Å². The number of alkyl halides is 5. The minimum Gasteiger partial charge on any atom is -0.360 e. The van der Waals surface area contributed by atoms with Gasteiger partial charge in [0.2, 0.25) is 11.8 Å². The van der Waals surface area contributed by atoms with Gasteiger partial charge in [-0.3, -0.25) is 19.2 Å². The van der Waals surface area contributed by atoms with E-state index in [1.165, 1.54) is 55.7 Å². The van der Waals surface area contributed by atoms with Crippen LogP contribution in [-0.4, -0.2) is 88.8 Å². The number of hydrogen-bond donors (Lipinski definition) is 1. The number of amides is 2. The zero-order chi connectivity index (χ0) is 49.9. The molecule has 6 aromatic heterocycles. The number of nitrogens with zero attached hydrogens (tertiary/aromatic N) is 7. The number of aromatic nitrogens is 6. The Hall–Kier alpha value is -6.70. The van der Waals surface area contributed by atoms with Gasteiger partial charge in [0.25, 0.3) is 11.1 Å². The molecule has 8 heterocycles. The molecule has 1 N–H and O–H groups in total. The first-order chi connectivity index (χ1) is 33.5. The molecule has 0 aliphatic carbocycles. The average molecular weight is 1080 g/mol. The Bertz CT molecular complexity index is 3330. The van der Waals surface area contributed by atoms with Gasteiger partial charge in [0.1, 0.15) is 41.7 Å².